The fourth-order valence-corrected chi connectivity index (χ4v) is 2.99. The molecule has 6 nitrogen and oxygen atoms in total. The normalized spacial score (nSPS) is 16.2. The molecule has 1 heterocycles. The molecule has 26 heavy (non-hydrogen) atoms. The summed E-state index contributed by atoms with van der Waals surface area (Å²) in [6.07, 6.45) is 6.13. The van der Waals surface area contributed by atoms with Crippen LogP contribution in [0.4, 0.5) is 0 Å². The molecule has 1 fully saturated rings. The van der Waals surface area contributed by atoms with E-state index in [9.17, 15) is 0 Å². The Labute approximate surface area is 177 Å². The third-order valence-corrected chi connectivity index (χ3v) is 4.62. The number of methoxy groups -OCH3 is 1. The number of unbranched alkanes of at least 4 members (excludes halogenated alkanes) is 1. The molecule has 1 aliphatic heterocycles. The molecule has 0 aliphatic carbocycles. The number of guanidine groups is 1. The summed E-state index contributed by atoms with van der Waals surface area (Å²) >= 11 is 0. The highest BCUT2D eigenvalue weighted by molar-refractivity contribution is 14.0. The molecule has 0 bridgehead atoms. The third kappa shape index (κ3) is 11.6. The monoisotopic (exact) mass is 484 g/mol. The SMILES string of the molecule is CCNC(=NCC(C)(C)N1CCCCC1)NCCCCOCCOC.I. The second-order valence-corrected chi connectivity index (χ2v) is 7.29. The van der Waals surface area contributed by atoms with Crippen LogP contribution in [0.3, 0.4) is 0 Å². The van der Waals surface area contributed by atoms with Crippen LogP contribution in [0.25, 0.3) is 0 Å². The Bertz CT molecular complexity index is 361. The number of likely N-dealkylation sites (tertiary alicyclic amines) is 1. The summed E-state index contributed by atoms with van der Waals surface area (Å²) in [5.41, 5.74) is 0.123. The fourth-order valence-electron chi connectivity index (χ4n) is 2.99. The number of piperidine rings is 1. The van der Waals surface area contributed by atoms with Gasteiger partial charge in [0.15, 0.2) is 5.96 Å². The largest absolute Gasteiger partial charge is 0.382 e. The number of ether oxygens (including phenoxy) is 2. The van der Waals surface area contributed by atoms with Gasteiger partial charge < -0.3 is 20.1 Å². The van der Waals surface area contributed by atoms with Crippen molar-refractivity contribution in [2.75, 3.05) is 59.7 Å². The second kappa shape index (κ2) is 15.9. The zero-order valence-electron chi connectivity index (χ0n) is 17.3. The molecule has 1 saturated heterocycles. The van der Waals surface area contributed by atoms with Gasteiger partial charge in [0.1, 0.15) is 0 Å². The molecule has 0 saturated carbocycles. The maximum absolute atomic E-state index is 5.48. The summed E-state index contributed by atoms with van der Waals surface area (Å²) in [7, 11) is 1.70. The summed E-state index contributed by atoms with van der Waals surface area (Å²) in [5, 5.41) is 6.79. The second-order valence-electron chi connectivity index (χ2n) is 7.29. The topological polar surface area (TPSA) is 58.1 Å². The van der Waals surface area contributed by atoms with Gasteiger partial charge >= 0.3 is 0 Å². The smallest absolute Gasteiger partial charge is 0.191 e. The van der Waals surface area contributed by atoms with Crippen molar-refractivity contribution in [3.8, 4) is 0 Å². The molecular weight excluding hydrogens is 443 g/mol. The van der Waals surface area contributed by atoms with Gasteiger partial charge in [-0.05, 0) is 59.5 Å². The minimum absolute atomic E-state index is 0. The van der Waals surface area contributed by atoms with Crippen LogP contribution in [0.2, 0.25) is 0 Å². The fraction of sp³-hybridized carbons (Fsp3) is 0.947. The van der Waals surface area contributed by atoms with Gasteiger partial charge in [-0.25, -0.2) is 0 Å². The van der Waals surface area contributed by atoms with Gasteiger partial charge in [-0.1, -0.05) is 6.42 Å². The zero-order valence-corrected chi connectivity index (χ0v) is 19.6. The highest BCUT2D eigenvalue weighted by atomic mass is 127. The Balaban J connectivity index is 0.00000625. The van der Waals surface area contributed by atoms with E-state index in [1.165, 1.54) is 32.4 Å². The van der Waals surface area contributed by atoms with Crippen molar-refractivity contribution >= 4 is 29.9 Å². The number of hydrogen-bond donors (Lipinski definition) is 2. The van der Waals surface area contributed by atoms with Crippen molar-refractivity contribution in [1.29, 1.82) is 0 Å². The highest BCUT2D eigenvalue weighted by Gasteiger charge is 2.27. The molecule has 0 unspecified atom stereocenters. The molecule has 0 aromatic heterocycles. The predicted octanol–water partition coefficient (Wildman–Crippen LogP) is 2.87. The van der Waals surface area contributed by atoms with Gasteiger partial charge in [0.2, 0.25) is 0 Å². The lowest BCUT2D eigenvalue weighted by molar-refractivity contribution is 0.0689. The Morgan fingerprint density at radius 2 is 1.77 bits per heavy atom. The number of halogens is 1. The van der Waals surface area contributed by atoms with Gasteiger partial charge in [0.25, 0.3) is 0 Å². The number of nitrogens with one attached hydrogen (secondary N) is 2. The van der Waals surface area contributed by atoms with Gasteiger partial charge in [0.05, 0.1) is 19.8 Å². The molecule has 0 amide bonds. The number of nitrogens with zero attached hydrogens (tertiary/aromatic N) is 2. The van der Waals surface area contributed by atoms with Gasteiger partial charge in [-0.2, -0.15) is 0 Å². The van der Waals surface area contributed by atoms with Crippen LogP contribution in [0, 0.1) is 0 Å². The Morgan fingerprint density at radius 3 is 2.42 bits per heavy atom. The van der Waals surface area contributed by atoms with Gasteiger partial charge in [-0.3, -0.25) is 9.89 Å². The van der Waals surface area contributed by atoms with Crippen molar-refractivity contribution in [3.05, 3.63) is 0 Å². The van der Waals surface area contributed by atoms with E-state index in [4.69, 9.17) is 14.5 Å². The predicted molar refractivity (Wildman–Crippen MR) is 121 cm³/mol. The minimum Gasteiger partial charge on any atom is -0.382 e. The van der Waals surface area contributed by atoms with Crippen molar-refractivity contribution in [1.82, 2.24) is 15.5 Å². The minimum atomic E-state index is 0. The molecule has 0 spiro atoms. The highest BCUT2D eigenvalue weighted by Crippen LogP contribution is 2.20. The first-order chi connectivity index (χ1) is 12.1. The summed E-state index contributed by atoms with van der Waals surface area (Å²) in [6, 6.07) is 0. The van der Waals surface area contributed by atoms with Gasteiger partial charge in [0, 0.05) is 32.3 Å². The maximum atomic E-state index is 5.48. The van der Waals surface area contributed by atoms with Crippen LogP contribution in [-0.4, -0.2) is 76.1 Å². The average Bonchev–Trinajstić information content (AvgIpc) is 2.62. The van der Waals surface area contributed by atoms with E-state index in [1.807, 2.05) is 0 Å². The molecule has 0 aromatic rings. The number of hydrogen-bond acceptors (Lipinski definition) is 4. The average molecular weight is 484 g/mol. The van der Waals surface area contributed by atoms with E-state index >= 15 is 0 Å². The number of aliphatic imine (C=N–C) groups is 1. The molecule has 0 atom stereocenters. The molecule has 1 aliphatic rings. The standard InChI is InChI=1S/C19H40N4O2.HI/c1-5-20-18(21-11-7-10-14-25-16-15-24-4)22-17-19(2,3)23-12-8-6-9-13-23;/h5-17H2,1-4H3,(H2,20,21,22);1H. The molecule has 156 valence electrons. The Hall–Kier alpha value is -0.120. The summed E-state index contributed by atoms with van der Waals surface area (Å²) in [4.78, 5) is 7.41. The number of rotatable bonds is 12. The summed E-state index contributed by atoms with van der Waals surface area (Å²) in [5.74, 6) is 0.924. The Kier molecular flexibility index (Phi) is 15.8. The van der Waals surface area contributed by atoms with Crippen LogP contribution in [0.15, 0.2) is 4.99 Å². The van der Waals surface area contributed by atoms with Crippen molar-refractivity contribution in [2.45, 2.75) is 58.4 Å². The molecule has 1 rings (SSSR count). The van der Waals surface area contributed by atoms with Crippen LogP contribution in [0.1, 0.15) is 52.9 Å². The van der Waals surface area contributed by atoms with Crippen molar-refractivity contribution in [2.24, 2.45) is 4.99 Å². The molecule has 0 aromatic carbocycles. The third-order valence-electron chi connectivity index (χ3n) is 4.62. The van der Waals surface area contributed by atoms with Crippen LogP contribution in [-0.2, 0) is 9.47 Å². The molecule has 2 N–H and O–H groups in total. The van der Waals surface area contributed by atoms with E-state index in [0.717, 1.165) is 45.0 Å². The maximum Gasteiger partial charge on any atom is 0.191 e. The van der Waals surface area contributed by atoms with E-state index in [1.54, 1.807) is 7.11 Å². The lowest BCUT2D eigenvalue weighted by Gasteiger charge is -2.40. The van der Waals surface area contributed by atoms with E-state index < -0.39 is 0 Å². The van der Waals surface area contributed by atoms with Gasteiger partial charge in [-0.15, -0.1) is 24.0 Å². The first kappa shape index (κ1) is 25.9. The van der Waals surface area contributed by atoms with E-state index in [0.29, 0.717) is 13.2 Å². The van der Waals surface area contributed by atoms with Crippen molar-refractivity contribution < 1.29 is 9.47 Å². The lowest BCUT2D eigenvalue weighted by Crippen LogP contribution is -2.49. The Morgan fingerprint density at radius 1 is 1.04 bits per heavy atom. The molecule has 0 radical (unpaired) electrons. The lowest BCUT2D eigenvalue weighted by atomic mass is 9.99. The summed E-state index contributed by atoms with van der Waals surface area (Å²) < 4.78 is 10.4. The van der Waals surface area contributed by atoms with Crippen LogP contribution >= 0.6 is 24.0 Å². The molecular formula is C19H41IN4O2. The quantitative estimate of drug-likeness (QED) is 0.193. The van der Waals surface area contributed by atoms with E-state index in [-0.39, 0.29) is 29.5 Å². The first-order valence-electron chi connectivity index (χ1n) is 9.94. The summed E-state index contributed by atoms with van der Waals surface area (Å²) in [6.45, 7) is 13.9. The van der Waals surface area contributed by atoms with E-state index in [2.05, 4.69) is 36.3 Å². The van der Waals surface area contributed by atoms with Crippen molar-refractivity contribution in [3.63, 3.8) is 0 Å². The first-order valence-corrected chi connectivity index (χ1v) is 9.94. The van der Waals surface area contributed by atoms with Crippen LogP contribution < -0.4 is 10.6 Å². The van der Waals surface area contributed by atoms with Crippen LogP contribution in [0.5, 0.6) is 0 Å². The molecule has 7 heteroatoms. The zero-order chi connectivity index (χ0) is 18.4.